The molecule has 0 fully saturated rings. The van der Waals surface area contributed by atoms with Crippen LogP contribution >= 0.6 is 0 Å². The number of carbonyl (C=O) groups is 1. The molecule has 0 spiro atoms. The lowest BCUT2D eigenvalue weighted by atomic mass is 10.2. The summed E-state index contributed by atoms with van der Waals surface area (Å²) in [7, 11) is 1.45. The highest BCUT2D eigenvalue weighted by molar-refractivity contribution is 5.80. The van der Waals surface area contributed by atoms with E-state index in [9.17, 15) is 18.0 Å². The Morgan fingerprint density at radius 1 is 1.38 bits per heavy atom. The molecule has 0 aliphatic carbocycles. The van der Waals surface area contributed by atoms with Crippen LogP contribution in [0.5, 0.6) is 0 Å². The van der Waals surface area contributed by atoms with Gasteiger partial charge in [-0.3, -0.25) is 4.79 Å². The first-order chi connectivity index (χ1) is 7.43. The van der Waals surface area contributed by atoms with E-state index in [2.05, 4.69) is 10.6 Å². The van der Waals surface area contributed by atoms with E-state index < -0.39 is 11.7 Å². The number of rotatable bonds is 3. The van der Waals surface area contributed by atoms with Gasteiger partial charge in [-0.2, -0.15) is 13.2 Å². The molecule has 1 rings (SSSR count). The van der Waals surface area contributed by atoms with Crippen molar-refractivity contribution < 1.29 is 18.0 Å². The van der Waals surface area contributed by atoms with Crippen molar-refractivity contribution in [1.29, 1.82) is 0 Å². The van der Waals surface area contributed by atoms with Gasteiger partial charge in [0.15, 0.2) is 0 Å². The molecule has 0 aliphatic heterocycles. The van der Waals surface area contributed by atoms with E-state index in [0.29, 0.717) is 0 Å². The van der Waals surface area contributed by atoms with E-state index in [1.165, 1.54) is 19.2 Å². The standard InChI is InChI=1S/C10H11F3N2O/c1-14-9(16)6-15-8-4-2-3-7(5-8)10(11,12)13/h2-5,15H,6H2,1H3,(H,14,16). The van der Waals surface area contributed by atoms with Crippen molar-refractivity contribution in [2.75, 3.05) is 18.9 Å². The van der Waals surface area contributed by atoms with Gasteiger partial charge in [-0.25, -0.2) is 0 Å². The minimum Gasteiger partial charge on any atom is -0.376 e. The Kier molecular flexibility index (Phi) is 3.76. The van der Waals surface area contributed by atoms with Gasteiger partial charge in [0, 0.05) is 12.7 Å². The second-order valence-electron chi connectivity index (χ2n) is 3.11. The van der Waals surface area contributed by atoms with Crippen LogP contribution in [0.4, 0.5) is 18.9 Å². The van der Waals surface area contributed by atoms with Gasteiger partial charge in [0.1, 0.15) is 0 Å². The normalized spacial score (nSPS) is 11.0. The van der Waals surface area contributed by atoms with E-state index in [0.717, 1.165) is 12.1 Å². The smallest absolute Gasteiger partial charge is 0.376 e. The van der Waals surface area contributed by atoms with E-state index in [1.807, 2.05) is 0 Å². The average Bonchev–Trinajstić information content (AvgIpc) is 2.25. The van der Waals surface area contributed by atoms with Crippen LogP contribution in [0.3, 0.4) is 0 Å². The highest BCUT2D eigenvalue weighted by atomic mass is 19.4. The number of alkyl halides is 3. The second kappa shape index (κ2) is 4.87. The third kappa shape index (κ3) is 3.45. The summed E-state index contributed by atoms with van der Waals surface area (Å²) in [5.41, 5.74) is -0.479. The summed E-state index contributed by atoms with van der Waals surface area (Å²) >= 11 is 0. The van der Waals surface area contributed by atoms with Crippen LogP contribution in [0.25, 0.3) is 0 Å². The predicted octanol–water partition coefficient (Wildman–Crippen LogP) is 1.86. The topological polar surface area (TPSA) is 41.1 Å². The zero-order valence-corrected chi connectivity index (χ0v) is 8.56. The Balaban J connectivity index is 2.72. The van der Waals surface area contributed by atoms with Crippen molar-refractivity contribution in [3.8, 4) is 0 Å². The Morgan fingerprint density at radius 3 is 2.62 bits per heavy atom. The van der Waals surface area contributed by atoms with Gasteiger partial charge in [0.25, 0.3) is 0 Å². The number of amides is 1. The Bertz CT molecular complexity index is 377. The molecule has 0 radical (unpaired) electrons. The van der Waals surface area contributed by atoms with Gasteiger partial charge >= 0.3 is 6.18 Å². The zero-order valence-electron chi connectivity index (χ0n) is 8.56. The van der Waals surface area contributed by atoms with E-state index in [4.69, 9.17) is 0 Å². The predicted molar refractivity (Wildman–Crippen MR) is 54.0 cm³/mol. The maximum atomic E-state index is 12.3. The number of carbonyl (C=O) groups excluding carboxylic acids is 1. The van der Waals surface area contributed by atoms with Gasteiger partial charge in [0.2, 0.25) is 5.91 Å². The van der Waals surface area contributed by atoms with E-state index >= 15 is 0 Å². The molecular weight excluding hydrogens is 221 g/mol. The molecule has 0 bridgehead atoms. The van der Waals surface area contributed by atoms with Gasteiger partial charge < -0.3 is 10.6 Å². The summed E-state index contributed by atoms with van der Waals surface area (Å²) in [6.07, 6.45) is -4.37. The largest absolute Gasteiger partial charge is 0.416 e. The zero-order chi connectivity index (χ0) is 12.2. The van der Waals surface area contributed by atoms with Crippen LogP contribution < -0.4 is 10.6 Å². The van der Waals surface area contributed by atoms with Crippen LogP contribution in [-0.2, 0) is 11.0 Å². The molecule has 3 nitrogen and oxygen atoms in total. The van der Waals surface area contributed by atoms with Crippen molar-refractivity contribution in [3.63, 3.8) is 0 Å². The van der Waals surface area contributed by atoms with E-state index in [1.54, 1.807) is 0 Å². The summed E-state index contributed by atoms with van der Waals surface area (Å²) in [5, 5.41) is 4.95. The molecule has 0 unspecified atom stereocenters. The number of hydrogen-bond acceptors (Lipinski definition) is 2. The van der Waals surface area contributed by atoms with E-state index in [-0.39, 0.29) is 18.1 Å². The van der Waals surface area contributed by atoms with Gasteiger partial charge in [-0.1, -0.05) is 6.07 Å². The molecule has 1 aromatic carbocycles. The molecule has 16 heavy (non-hydrogen) atoms. The SMILES string of the molecule is CNC(=O)CNc1cccc(C(F)(F)F)c1. The first-order valence-corrected chi connectivity index (χ1v) is 4.55. The fraction of sp³-hybridized carbons (Fsp3) is 0.300. The molecule has 0 saturated carbocycles. The molecule has 0 aliphatic rings. The molecule has 88 valence electrons. The average molecular weight is 232 g/mol. The molecular formula is C10H11F3N2O. The van der Waals surface area contributed by atoms with Gasteiger partial charge in [-0.05, 0) is 18.2 Å². The maximum absolute atomic E-state index is 12.3. The van der Waals surface area contributed by atoms with Crippen LogP contribution in [0.1, 0.15) is 5.56 Å². The molecule has 2 N–H and O–H groups in total. The highest BCUT2D eigenvalue weighted by Crippen LogP contribution is 2.30. The molecule has 0 saturated heterocycles. The number of hydrogen-bond donors (Lipinski definition) is 2. The fourth-order valence-corrected chi connectivity index (χ4v) is 1.08. The lowest BCUT2D eigenvalue weighted by molar-refractivity contribution is -0.137. The number of halogens is 3. The monoisotopic (exact) mass is 232 g/mol. The Morgan fingerprint density at radius 2 is 2.06 bits per heavy atom. The fourth-order valence-electron chi connectivity index (χ4n) is 1.08. The van der Waals surface area contributed by atoms with Crippen LogP contribution in [0.2, 0.25) is 0 Å². The Hall–Kier alpha value is -1.72. The van der Waals surface area contributed by atoms with Crippen molar-refractivity contribution in [2.24, 2.45) is 0 Å². The summed E-state index contributed by atoms with van der Waals surface area (Å²) in [6, 6.07) is 4.70. The third-order valence-corrected chi connectivity index (χ3v) is 1.92. The summed E-state index contributed by atoms with van der Waals surface area (Å²) in [4.78, 5) is 10.9. The number of nitrogens with one attached hydrogen (secondary N) is 2. The highest BCUT2D eigenvalue weighted by Gasteiger charge is 2.30. The van der Waals surface area contributed by atoms with Crippen LogP contribution in [0, 0.1) is 0 Å². The summed E-state index contributed by atoms with van der Waals surface area (Å²) in [5.74, 6) is -0.294. The molecule has 1 aromatic rings. The molecule has 0 heterocycles. The molecule has 0 atom stereocenters. The van der Waals surface area contributed by atoms with Gasteiger partial charge in [-0.15, -0.1) is 0 Å². The van der Waals surface area contributed by atoms with Crippen molar-refractivity contribution in [3.05, 3.63) is 29.8 Å². The third-order valence-electron chi connectivity index (χ3n) is 1.92. The van der Waals surface area contributed by atoms with Crippen molar-refractivity contribution in [2.45, 2.75) is 6.18 Å². The first kappa shape index (κ1) is 12.4. The quantitative estimate of drug-likeness (QED) is 0.835. The van der Waals surface area contributed by atoms with Gasteiger partial charge in [0.05, 0.1) is 12.1 Å². The number of anilines is 1. The van der Waals surface area contributed by atoms with Crippen molar-refractivity contribution in [1.82, 2.24) is 5.32 Å². The number of likely N-dealkylation sites (N-methyl/N-ethyl adjacent to an activating group) is 1. The number of benzene rings is 1. The summed E-state index contributed by atoms with van der Waals surface area (Å²) in [6.45, 7) is -0.0577. The Labute approximate surface area is 90.6 Å². The van der Waals surface area contributed by atoms with Crippen LogP contribution in [0.15, 0.2) is 24.3 Å². The van der Waals surface area contributed by atoms with Crippen LogP contribution in [-0.4, -0.2) is 19.5 Å². The molecule has 0 aromatic heterocycles. The lowest BCUT2D eigenvalue weighted by Crippen LogP contribution is -2.26. The van der Waals surface area contributed by atoms with Crippen molar-refractivity contribution >= 4 is 11.6 Å². The maximum Gasteiger partial charge on any atom is 0.416 e. The minimum absolute atomic E-state index is 0.0577. The minimum atomic E-state index is -4.37. The second-order valence-corrected chi connectivity index (χ2v) is 3.11. The molecule has 1 amide bonds. The summed E-state index contributed by atoms with van der Waals surface area (Å²) < 4.78 is 37.0. The molecule has 6 heteroatoms. The lowest BCUT2D eigenvalue weighted by Gasteiger charge is -2.09. The first-order valence-electron chi connectivity index (χ1n) is 4.55.